The van der Waals surface area contributed by atoms with E-state index in [2.05, 4.69) is 0 Å². The van der Waals surface area contributed by atoms with Gasteiger partial charge >= 0.3 is 5.97 Å². The van der Waals surface area contributed by atoms with E-state index in [0.29, 0.717) is 12.5 Å². The fraction of sp³-hybridized carbons (Fsp3) is 0.667. The van der Waals surface area contributed by atoms with Gasteiger partial charge in [-0.2, -0.15) is 0 Å². The Bertz CT molecular complexity index is 316. The Morgan fingerprint density at radius 3 is 2.44 bits per heavy atom. The van der Waals surface area contributed by atoms with Gasteiger partial charge in [-0.15, -0.1) is 0 Å². The predicted molar refractivity (Wildman–Crippen MR) is 58.9 cm³/mol. The molecule has 16 heavy (non-hydrogen) atoms. The highest BCUT2D eigenvalue weighted by molar-refractivity contribution is 5.88. The van der Waals surface area contributed by atoms with Gasteiger partial charge in [0.25, 0.3) is 0 Å². The van der Waals surface area contributed by atoms with Crippen molar-refractivity contribution in [2.24, 2.45) is 5.92 Å². The van der Waals surface area contributed by atoms with Crippen LogP contribution in [0.15, 0.2) is 12.2 Å². The molecule has 0 aromatic rings. The molecule has 0 bridgehead atoms. The second-order valence-corrected chi connectivity index (χ2v) is 4.60. The fourth-order valence-corrected chi connectivity index (χ4v) is 1.68. The summed E-state index contributed by atoms with van der Waals surface area (Å²) in [5.41, 5.74) is 0. The van der Waals surface area contributed by atoms with E-state index < -0.39 is 5.97 Å². The topological polar surface area (TPSA) is 57.6 Å². The maximum Gasteiger partial charge on any atom is 0.305 e. The maximum atomic E-state index is 11.8. The smallest absolute Gasteiger partial charge is 0.305 e. The summed E-state index contributed by atoms with van der Waals surface area (Å²) >= 11 is 0. The van der Waals surface area contributed by atoms with Gasteiger partial charge in [0.15, 0.2) is 0 Å². The summed E-state index contributed by atoms with van der Waals surface area (Å²) in [6, 6.07) is 0.288. The van der Waals surface area contributed by atoms with Crippen LogP contribution in [0.2, 0.25) is 0 Å². The lowest BCUT2D eigenvalue weighted by atomic mass is 10.3. The number of rotatable bonds is 6. The third-order valence-electron chi connectivity index (χ3n) is 2.97. The lowest BCUT2D eigenvalue weighted by molar-refractivity contribution is -0.138. The molecule has 0 spiro atoms. The monoisotopic (exact) mass is 223 g/mol. The molecular formula is C12H17NO3. The number of aliphatic carboxylic acids is 1. The van der Waals surface area contributed by atoms with Crippen molar-refractivity contribution in [2.75, 3.05) is 6.54 Å². The molecule has 2 aliphatic rings. The number of amides is 1. The zero-order valence-corrected chi connectivity index (χ0v) is 9.26. The van der Waals surface area contributed by atoms with Gasteiger partial charge in [-0.25, -0.2) is 0 Å². The van der Waals surface area contributed by atoms with Crippen LogP contribution in [0.1, 0.15) is 32.1 Å². The summed E-state index contributed by atoms with van der Waals surface area (Å²) in [5.74, 6) is -0.273. The average molecular weight is 223 g/mol. The standard InChI is InChI=1S/C12H17NO3/c14-11(6-3-9-1-2-9)13(10-4-5-10)8-7-12(15)16/h3,6,9-10H,1-2,4-5,7-8H2,(H,15,16)/b6-3+. The van der Waals surface area contributed by atoms with Gasteiger partial charge < -0.3 is 10.0 Å². The molecule has 0 aliphatic heterocycles. The second-order valence-electron chi connectivity index (χ2n) is 4.60. The molecule has 0 atom stereocenters. The minimum absolute atomic E-state index is 0.0179. The largest absolute Gasteiger partial charge is 0.481 e. The van der Waals surface area contributed by atoms with Crippen LogP contribution < -0.4 is 0 Å². The number of carboxylic acid groups (broad SMARTS) is 1. The highest BCUT2D eigenvalue weighted by Gasteiger charge is 2.31. The van der Waals surface area contributed by atoms with Crippen LogP contribution in [0.5, 0.6) is 0 Å². The number of carboxylic acids is 1. The molecule has 88 valence electrons. The minimum atomic E-state index is -0.843. The molecule has 4 nitrogen and oxygen atoms in total. The lowest BCUT2D eigenvalue weighted by Crippen LogP contribution is -2.33. The highest BCUT2D eigenvalue weighted by Crippen LogP contribution is 2.31. The maximum absolute atomic E-state index is 11.8. The van der Waals surface area contributed by atoms with E-state index in [0.717, 1.165) is 12.8 Å². The Kier molecular flexibility index (Phi) is 3.27. The molecule has 0 heterocycles. The molecule has 0 aromatic heterocycles. The lowest BCUT2D eigenvalue weighted by Gasteiger charge is -2.19. The first-order valence-electron chi connectivity index (χ1n) is 5.87. The van der Waals surface area contributed by atoms with Crippen molar-refractivity contribution in [1.29, 1.82) is 0 Å². The van der Waals surface area contributed by atoms with E-state index in [1.54, 1.807) is 11.0 Å². The van der Waals surface area contributed by atoms with Gasteiger partial charge in [0, 0.05) is 12.6 Å². The zero-order chi connectivity index (χ0) is 11.5. The fourth-order valence-electron chi connectivity index (χ4n) is 1.68. The van der Waals surface area contributed by atoms with E-state index >= 15 is 0 Å². The van der Waals surface area contributed by atoms with Crippen LogP contribution in [0.25, 0.3) is 0 Å². The number of carbonyl (C=O) groups excluding carboxylic acids is 1. The predicted octanol–water partition coefficient (Wildman–Crippen LogP) is 1.42. The highest BCUT2D eigenvalue weighted by atomic mass is 16.4. The molecule has 0 aromatic carbocycles. The van der Waals surface area contributed by atoms with Crippen LogP contribution in [0, 0.1) is 5.92 Å². The third kappa shape index (κ3) is 3.36. The van der Waals surface area contributed by atoms with Gasteiger partial charge in [0.2, 0.25) is 5.91 Å². The third-order valence-corrected chi connectivity index (χ3v) is 2.97. The molecule has 2 aliphatic carbocycles. The zero-order valence-electron chi connectivity index (χ0n) is 9.26. The van der Waals surface area contributed by atoms with Crippen LogP contribution in [0.4, 0.5) is 0 Å². The van der Waals surface area contributed by atoms with Crippen molar-refractivity contribution in [2.45, 2.75) is 38.1 Å². The van der Waals surface area contributed by atoms with Crippen molar-refractivity contribution >= 4 is 11.9 Å². The molecule has 1 N–H and O–H groups in total. The minimum Gasteiger partial charge on any atom is -0.481 e. The summed E-state index contributed by atoms with van der Waals surface area (Å²) in [7, 11) is 0. The summed E-state index contributed by atoms with van der Waals surface area (Å²) in [4.78, 5) is 24.0. The number of nitrogens with zero attached hydrogens (tertiary/aromatic N) is 1. The average Bonchev–Trinajstić information content (AvgIpc) is 3.08. The Labute approximate surface area is 94.9 Å². The number of allylic oxidation sites excluding steroid dienone is 1. The van der Waals surface area contributed by atoms with Gasteiger partial charge in [0.1, 0.15) is 0 Å². The molecule has 4 heteroatoms. The number of hydrogen-bond donors (Lipinski definition) is 1. The normalized spacial score (nSPS) is 20.0. The Balaban J connectivity index is 1.84. The molecule has 2 saturated carbocycles. The first-order chi connectivity index (χ1) is 7.66. The van der Waals surface area contributed by atoms with Crippen molar-refractivity contribution < 1.29 is 14.7 Å². The molecule has 2 rings (SSSR count). The summed E-state index contributed by atoms with van der Waals surface area (Å²) in [6.07, 6.45) is 8.02. The molecule has 2 fully saturated rings. The van der Waals surface area contributed by atoms with Crippen LogP contribution in [0.3, 0.4) is 0 Å². The molecule has 1 amide bonds. The Morgan fingerprint density at radius 1 is 1.25 bits per heavy atom. The number of hydrogen-bond acceptors (Lipinski definition) is 2. The Morgan fingerprint density at radius 2 is 1.94 bits per heavy atom. The first-order valence-corrected chi connectivity index (χ1v) is 5.87. The van der Waals surface area contributed by atoms with Crippen LogP contribution in [-0.2, 0) is 9.59 Å². The van der Waals surface area contributed by atoms with Gasteiger partial charge in [-0.1, -0.05) is 6.08 Å². The quantitative estimate of drug-likeness (QED) is 0.693. The van der Waals surface area contributed by atoms with E-state index in [9.17, 15) is 9.59 Å². The van der Waals surface area contributed by atoms with E-state index in [1.165, 1.54) is 12.8 Å². The van der Waals surface area contributed by atoms with E-state index in [4.69, 9.17) is 5.11 Å². The summed E-state index contributed by atoms with van der Waals surface area (Å²) in [5, 5.41) is 8.62. The second kappa shape index (κ2) is 4.68. The summed E-state index contributed by atoms with van der Waals surface area (Å²) < 4.78 is 0. The van der Waals surface area contributed by atoms with E-state index in [-0.39, 0.29) is 18.4 Å². The van der Waals surface area contributed by atoms with Gasteiger partial charge in [0.05, 0.1) is 6.42 Å². The van der Waals surface area contributed by atoms with Crippen molar-refractivity contribution in [1.82, 2.24) is 4.90 Å². The SMILES string of the molecule is O=C(O)CCN(C(=O)/C=C/C1CC1)C1CC1. The van der Waals surface area contributed by atoms with Gasteiger partial charge in [-0.3, -0.25) is 9.59 Å². The van der Waals surface area contributed by atoms with Crippen molar-refractivity contribution in [3.05, 3.63) is 12.2 Å². The van der Waals surface area contributed by atoms with Gasteiger partial charge in [-0.05, 0) is 37.7 Å². The molecule has 0 saturated heterocycles. The van der Waals surface area contributed by atoms with Crippen molar-refractivity contribution in [3.8, 4) is 0 Å². The number of carbonyl (C=O) groups is 2. The van der Waals surface area contributed by atoms with Crippen LogP contribution >= 0.6 is 0 Å². The van der Waals surface area contributed by atoms with Crippen molar-refractivity contribution in [3.63, 3.8) is 0 Å². The molecule has 0 unspecified atom stereocenters. The van der Waals surface area contributed by atoms with Crippen LogP contribution in [-0.4, -0.2) is 34.5 Å². The molecule has 0 radical (unpaired) electrons. The van der Waals surface area contributed by atoms with E-state index in [1.807, 2.05) is 6.08 Å². The Hall–Kier alpha value is -1.32. The summed E-state index contributed by atoms with van der Waals surface area (Å²) in [6.45, 7) is 0.341. The molecular weight excluding hydrogens is 206 g/mol. The first kappa shape index (κ1) is 11.2.